The van der Waals surface area contributed by atoms with E-state index in [0.717, 1.165) is 4.88 Å². The first-order chi connectivity index (χ1) is 15.5. The fraction of sp³-hybridized carbons (Fsp3) is 0.174. The van der Waals surface area contributed by atoms with Crippen molar-refractivity contribution in [2.45, 2.75) is 18.2 Å². The second-order valence-electron chi connectivity index (χ2n) is 6.96. The molecule has 2 heterocycles. The summed E-state index contributed by atoms with van der Waals surface area (Å²) in [7, 11) is 1.57. The van der Waals surface area contributed by atoms with E-state index in [-0.39, 0.29) is 24.1 Å². The molecule has 1 aliphatic heterocycles. The maximum atomic E-state index is 13.2. The molecule has 0 radical (unpaired) electrons. The van der Waals surface area contributed by atoms with Crippen molar-refractivity contribution >= 4 is 51.5 Å². The molecule has 6 nitrogen and oxygen atoms in total. The van der Waals surface area contributed by atoms with E-state index in [1.807, 2.05) is 17.5 Å². The Morgan fingerprint density at radius 1 is 1.16 bits per heavy atom. The minimum Gasteiger partial charge on any atom is -0.497 e. The lowest BCUT2D eigenvalue weighted by atomic mass is 10.2. The topological polar surface area (TPSA) is 71.0 Å². The standard InChI is InChI=1S/C23H20FN3O3S2/c1-30-18-10-8-16(9-11-18)25-21(28)13-20-22(29)27(14-19-3-2-12-31-19)23(32-20)26-17-6-4-15(24)5-7-17/h2-12,20H,13-14H2,1H3,(H,25,28). The van der Waals surface area contributed by atoms with Gasteiger partial charge in [0.15, 0.2) is 5.17 Å². The van der Waals surface area contributed by atoms with Crippen LogP contribution in [0.1, 0.15) is 11.3 Å². The van der Waals surface area contributed by atoms with Crippen molar-refractivity contribution in [1.82, 2.24) is 4.90 Å². The molecular weight excluding hydrogens is 449 g/mol. The Morgan fingerprint density at radius 2 is 1.91 bits per heavy atom. The van der Waals surface area contributed by atoms with Crippen LogP contribution in [0.5, 0.6) is 5.75 Å². The van der Waals surface area contributed by atoms with E-state index in [2.05, 4.69) is 10.3 Å². The number of amidine groups is 1. The number of benzene rings is 2. The molecule has 1 saturated heterocycles. The molecule has 1 aromatic heterocycles. The summed E-state index contributed by atoms with van der Waals surface area (Å²) in [5.41, 5.74) is 1.17. The van der Waals surface area contributed by atoms with Crippen molar-refractivity contribution < 1.29 is 18.7 Å². The number of hydrogen-bond acceptors (Lipinski definition) is 6. The second kappa shape index (κ2) is 9.97. The number of nitrogens with one attached hydrogen (secondary N) is 1. The lowest BCUT2D eigenvalue weighted by Gasteiger charge is -2.15. The van der Waals surface area contributed by atoms with Gasteiger partial charge in [-0.25, -0.2) is 9.38 Å². The van der Waals surface area contributed by atoms with Crippen molar-refractivity contribution in [3.63, 3.8) is 0 Å². The molecule has 0 bridgehead atoms. The van der Waals surface area contributed by atoms with Crippen LogP contribution in [0.15, 0.2) is 71.0 Å². The first-order valence-electron chi connectivity index (χ1n) is 9.80. The van der Waals surface area contributed by atoms with Crippen LogP contribution in [-0.4, -0.2) is 34.2 Å². The van der Waals surface area contributed by atoms with Crippen LogP contribution in [0.2, 0.25) is 0 Å². The van der Waals surface area contributed by atoms with E-state index < -0.39 is 5.25 Å². The molecule has 0 aliphatic carbocycles. The molecule has 164 valence electrons. The highest BCUT2D eigenvalue weighted by Crippen LogP contribution is 2.33. The summed E-state index contributed by atoms with van der Waals surface area (Å²) in [6.45, 7) is 0.375. The summed E-state index contributed by atoms with van der Waals surface area (Å²) >= 11 is 2.79. The Kier molecular flexibility index (Phi) is 6.87. The third-order valence-corrected chi connectivity index (χ3v) is 6.75. The van der Waals surface area contributed by atoms with Crippen LogP contribution >= 0.6 is 23.1 Å². The largest absolute Gasteiger partial charge is 0.497 e. The summed E-state index contributed by atoms with van der Waals surface area (Å²) in [6, 6.07) is 16.6. The summed E-state index contributed by atoms with van der Waals surface area (Å²) in [5.74, 6) is -0.0997. The quantitative estimate of drug-likeness (QED) is 0.525. The zero-order chi connectivity index (χ0) is 22.5. The fourth-order valence-corrected chi connectivity index (χ4v) is 4.96. The molecule has 0 spiro atoms. The highest BCUT2D eigenvalue weighted by atomic mass is 32.2. The van der Waals surface area contributed by atoms with Gasteiger partial charge in [-0.3, -0.25) is 14.5 Å². The molecule has 1 aliphatic rings. The third-order valence-electron chi connectivity index (χ3n) is 4.71. The zero-order valence-corrected chi connectivity index (χ0v) is 18.8. The van der Waals surface area contributed by atoms with Gasteiger partial charge in [-0.1, -0.05) is 17.8 Å². The minimum atomic E-state index is -0.590. The van der Waals surface area contributed by atoms with Gasteiger partial charge in [0.25, 0.3) is 0 Å². The van der Waals surface area contributed by atoms with Crippen LogP contribution in [-0.2, 0) is 16.1 Å². The molecule has 32 heavy (non-hydrogen) atoms. The molecule has 2 aromatic carbocycles. The predicted molar refractivity (Wildman–Crippen MR) is 126 cm³/mol. The Balaban J connectivity index is 1.50. The Bertz CT molecular complexity index is 1120. The summed E-state index contributed by atoms with van der Waals surface area (Å²) in [4.78, 5) is 32.9. The van der Waals surface area contributed by atoms with E-state index >= 15 is 0 Å². The molecule has 2 amide bonds. The number of carbonyl (C=O) groups is 2. The molecule has 1 unspecified atom stereocenters. The summed E-state index contributed by atoms with van der Waals surface area (Å²) in [6.07, 6.45) is 0.0128. The Morgan fingerprint density at radius 3 is 2.56 bits per heavy atom. The van der Waals surface area contributed by atoms with Gasteiger partial charge in [0.1, 0.15) is 16.8 Å². The molecule has 0 saturated carbocycles. The highest BCUT2D eigenvalue weighted by Gasteiger charge is 2.39. The maximum absolute atomic E-state index is 13.2. The van der Waals surface area contributed by atoms with Crippen molar-refractivity contribution in [2.24, 2.45) is 4.99 Å². The molecule has 4 rings (SSSR count). The van der Waals surface area contributed by atoms with E-state index in [9.17, 15) is 14.0 Å². The van der Waals surface area contributed by atoms with Gasteiger partial charge in [-0.2, -0.15) is 0 Å². The van der Waals surface area contributed by atoms with Gasteiger partial charge in [-0.05, 0) is 60.0 Å². The summed E-state index contributed by atoms with van der Waals surface area (Å²) < 4.78 is 18.4. The molecule has 3 aromatic rings. The molecular formula is C23H20FN3O3S2. The average Bonchev–Trinajstić information content (AvgIpc) is 3.40. The van der Waals surface area contributed by atoms with Gasteiger partial charge < -0.3 is 10.1 Å². The van der Waals surface area contributed by atoms with Crippen LogP contribution in [0.3, 0.4) is 0 Å². The maximum Gasteiger partial charge on any atom is 0.243 e. The van der Waals surface area contributed by atoms with Crippen molar-refractivity contribution in [2.75, 3.05) is 12.4 Å². The van der Waals surface area contributed by atoms with Crippen LogP contribution < -0.4 is 10.1 Å². The lowest BCUT2D eigenvalue weighted by Crippen LogP contribution is -2.32. The van der Waals surface area contributed by atoms with Crippen molar-refractivity contribution in [3.8, 4) is 5.75 Å². The number of amides is 2. The molecule has 9 heteroatoms. The number of anilines is 1. The number of halogens is 1. The second-order valence-corrected chi connectivity index (χ2v) is 9.16. The van der Waals surface area contributed by atoms with E-state index in [0.29, 0.717) is 28.8 Å². The fourth-order valence-electron chi connectivity index (χ4n) is 3.11. The number of aliphatic imine (C=N–C) groups is 1. The summed E-state index contributed by atoms with van der Waals surface area (Å²) in [5, 5.41) is 4.66. The number of ether oxygens (including phenoxy) is 1. The highest BCUT2D eigenvalue weighted by molar-refractivity contribution is 8.15. The molecule has 1 fully saturated rings. The van der Waals surface area contributed by atoms with Crippen LogP contribution in [0.4, 0.5) is 15.8 Å². The SMILES string of the molecule is COc1ccc(NC(=O)CC2SC(=Nc3ccc(F)cc3)N(Cc3cccs3)C2=O)cc1. The average molecular weight is 470 g/mol. The van der Waals surface area contributed by atoms with Crippen LogP contribution in [0, 0.1) is 5.82 Å². The van der Waals surface area contributed by atoms with Crippen molar-refractivity contribution in [3.05, 3.63) is 76.7 Å². The monoisotopic (exact) mass is 469 g/mol. The van der Waals surface area contributed by atoms with Gasteiger partial charge in [0.2, 0.25) is 11.8 Å². The number of hydrogen-bond donors (Lipinski definition) is 1. The normalized spacial score (nSPS) is 17.1. The molecule has 1 atom stereocenters. The number of methoxy groups -OCH3 is 1. The van der Waals surface area contributed by atoms with Gasteiger partial charge >= 0.3 is 0 Å². The number of carbonyl (C=O) groups excluding carboxylic acids is 2. The van der Waals surface area contributed by atoms with E-state index in [1.54, 1.807) is 59.7 Å². The third kappa shape index (κ3) is 5.35. The molecule has 1 N–H and O–H groups in total. The number of rotatable bonds is 7. The van der Waals surface area contributed by atoms with E-state index in [4.69, 9.17) is 4.74 Å². The first-order valence-corrected chi connectivity index (χ1v) is 11.6. The first kappa shape index (κ1) is 22.0. The number of nitrogens with zero attached hydrogens (tertiary/aromatic N) is 2. The Labute approximate surface area is 193 Å². The van der Waals surface area contributed by atoms with Crippen LogP contribution in [0.25, 0.3) is 0 Å². The number of thioether (sulfide) groups is 1. The minimum absolute atomic E-state index is 0.0128. The Hall–Kier alpha value is -3.17. The predicted octanol–water partition coefficient (Wildman–Crippen LogP) is 5.06. The van der Waals surface area contributed by atoms with Gasteiger partial charge in [-0.15, -0.1) is 11.3 Å². The zero-order valence-electron chi connectivity index (χ0n) is 17.2. The van der Waals surface area contributed by atoms with Gasteiger partial charge in [0.05, 0.1) is 19.3 Å². The lowest BCUT2D eigenvalue weighted by molar-refractivity contribution is -0.128. The van der Waals surface area contributed by atoms with Crippen molar-refractivity contribution in [1.29, 1.82) is 0 Å². The smallest absolute Gasteiger partial charge is 0.243 e. The van der Waals surface area contributed by atoms with Gasteiger partial charge in [0, 0.05) is 17.0 Å². The number of thiophene rings is 1. The van der Waals surface area contributed by atoms with E-state index in [1.165, 1.54) is 23.9 Å².